The minimum absolute atomic E-state index is 0.0125. The molecule has 1 N–H and O–H groups in total. The summed E-state index contributed by atoms with van der Waals surface area (Å²) in [5, 5.41) is 10.2. The topological polar surface area (TPSA) is 20.2 Å². The summed E-state index contributed by atoms with van der Waals surface area (Å²) in [7, 11) is 0. The number of aliphatic hydroxyl groups is 1. The molecule has 0 heterocycles. The van der Waals surface area contributed by atoms with Crippen molar-refractivity contribution in [2.45, 2.75) is 12.5 Å². The molecule has 0 aromatic heterocycles. The van der Waals surface area contributed by atoms with Crippen LogP contribution in [-0.2, 0) is 6.42 Å². The molecule has 0 fully saturated rings. The third-order valence-corrected chi connectivity index (χ3v) is 3.95. The Morgan fingerprint density at radius 3 is 2.53 bits per heavy atom. The third kappa shape index (κ3) is 3.61. The predicted octanol–water partition coefficient (Wildman–Crippen LogP) is 4.77. The van der Waals surface area contributed by atoms with Crippen LogP contribution in [0.25, 0.3) is 0 Å². The number of benzene rings is 2. The fourth-order valence-corrected chi connectivity index (χ4v) is 2.68. The highest BCUT2D eigenvalue weighted by Gasteiger charge is 2.15. The lowest BCUT2D eigenvalue weighted by Gasteiger charge is -2.14. The first-order valence-corrected chi connectivity index (χ1v) is 7.13. The first-order valence-electron chi connectivity index (χ1n) is 5.54. The summed E-state index contributed by atoms with van der Waals surface area (Å²) in [6.45, 7) is 0. The average molecular weight is 392 g/mol. The van der Waals surface area contributed by atoms with Crippen molar-refractivity contribution in [2.24, 2.45) is 0 Å². The van der Waals surface area contributed by atoms with Crippen molar-refractivity contribution in [3.8, 4) is 0 Å². The Kier molecular flexibility index (Phi) is 4.71. The van der Waals surface area contributed by atoms with E-state index in [1.807, 2.05) is 6.07 Å². The summed E-state index contributed by atoms with van der Waals surface area (Å²) in [6.07, 6.45) is -0.901. The fourth-order valence-electron chi connectivity index (χ4n) is 1.79. The molecule has 19 heavy (non-hydrogen) atoms. The van der Waals surface area contributed by atoms with Crippen molar-refractivity contribution < 1.29 is 13.9 Å². The van der Waals surface area contributed by atoms with E-state index in [0.717, 1.165) is 27.1 Å². The van der Waals surface area contributed by atoms with E-state index in [0.29, 0.717) is 5.56 Å². The van der Waals surface area contributed by atoms with Gasteiger partial charge in [0.15, 0.2) is 0 Å². The van der Waals surface area contributed by atoms with Crippen molar-refractivity contribution in [1.29, 1.82) is 0 Å². The zero-order valence-corrected chi connectivity index (χ0v) is 12.9. The van der Waals surface area contributed by atoms with Crippen LogP contribution in [0.15, 0.2) is 45.3 Å². The fraction of sp³-hybridized carbons (Fsp3) is 0.143. The molecule has 5 heteroatoms. The third-order valence-electron chi connectivity index (χ3n) is 2.74. The van der Waals surface area contributed by atoms with Gasteiger partial charge < -0.3 is 5.11 Å². The summed E-state index contributed by atoms with van der Waals surface area (Å²) >= 11 is 6.64. The maximum absolute atomic E-state index is 13.5. The van der Waals surface area contributed by atoms with Gasteiger partial charge >= 0.3 is 0 Å². The highest BCUT2D eigenvalue weighted by Crippen LogP contribution is 2.29. The Hall–Kier alpha value is -0.780. The van der Waals surface area contributed by atoms with Gasteiger partial charge in [-0.1, -0.05) is 31.9 Å². The Bertz CT molecular complexity index is 602. The van der Waals surface area contributed by atoms with E-state index < -0.39 is 17.7 Å². The van der Waals surface area contributed by atoms with E-state index in [4.69, 9.17) is 0 Å². The van der Waals surface area contributed by atoms with E-state index in [-0.39, 0.29) is 12.0 Å². The SMILES string of the molecule is OC(Cc1cc(F)ccc1F)c1cc(Br)ccc1Br. The molecule has 0 aliphatic heterocycles. The molecule has 0 saturated heterocycles. The van der Waals surface area contributed by atoms with E-state index in [1.165, 1.54) is 0 Å². The largest absolute Gasteiger partial charge is 0.388 e. The van der Waals surface area contributed by atoms with Gasteiger partial charge in [0, 0.05) is 15.4 Å². The molecule has 0 aliphatic carbocycles. The zero-order chi connectivity index (χ0) is 14.0. The minimum atomic E-state index is -0.914. The van der Waals surface area contributed by atoms with Crippen molar-refractivity contribution in [1.82, 2.24) is 0 Å². The molecule has 0 aliphatic rings. The van der Waals surface area contributed by atoms with E-state index >= 15 is 0 Å². The molecule has 1 unspecified atom stereocenters. The highest BCUT2D eigenvalue weighted by molar-refractivity contribution is 9.11. The zero-order valence-electron chi connectivity index (χ0n) is 9.71. The number of hydrogen-bond acceptors (Lipinski definition) is 1. The summed E-state index contributed by atoms with van der Waals surface area (Å²) in [4.78, 5) is 0. The van der Waals surface area contributed by atoms with Crippen LogP contribution in [-0.4, -0.2) is 5.11 Å². The van der Waals surface area contributed by atoms with E-state index in [1.54, 1.807) is 12.1 Å². The first kappa shape index (κ1) is 14.6. The van der Waals surface area contributed by atoms with Crippen molar-refractivity contribution in [2.75, 3.05) is 0 Å². The predicted molar refractivity (Wildman–Crippen MR) is 76.9 cm³/mol. The van der Waals surface area contributed by atoms with Gasteiger partial charge in [-0.25, -0.2) is 8.78 Å². The molecule has 2 aromatic carbocycles. The lowest BCUT2D eigenvalue weighted by Crippen LogP contribution is -2.05. The molecule has 2 rings (SSSR count). The molecule has 100 valence electrons. The molecule has 1 nitrogen and oxygen atoms in total. The van der Waals surface area contributed by atoms with Crippen LogP contribution in [0.2, 0.25) is 0 Å². The van der Waals surface area contributed by atoms with Gasteiger partial charge in [0.25, 0.3) is 0 Å². The Balaban J connectivity index is 2.27. The van der Waals surface area contributed by atoms with Gasteiger partial charge in [0.05, 0.1) is 6.10 Å². The maximum Gasteiger partial charge on any atom is 0.126 e. The molecule has 0 bridgehead atoms. The molecule has 0 spiro atoms. The molecular formula is C14H10Br2F2O. The van der Waals surface area contributed by atoms with Crippen LogP contribution in [0.4, 0.5) is 8.78 Å². The summed E-state index contributed by atoms with van der Waals surface area (Å²) in [5.74, 6) is -1.04. The van der Waals surface area contributed by atoms with Gasteiger partial charge in [-0.05, 0) is 47.5 Å². The lowest BCUT2D eigenvalue weighted by molar-refractivity contribution is 0.176. The molecule has 2 aromatic rings. The van der Waals surface area contributed by atoms with Gasteiger partial charge in [-0.2, -0.15) is 0 Å². The standard InChI is InChI=1S/C14H10Br2F2O/c15-9-1-3-12(16)11(7-9)14(19)6-8-5-10(17)2-4-13(8)18/h1-5,7,14,19H,6H2. The second-order valence-electron chi connectivity index (χ2n) is 4.12. The molecular weight excluding hydrogens is 382 g/mol. The van der Waals surface area contributed by atoms with Crippen LogP contribution >= 0.6 is 31.9 Å². The van der Waals surface area contributed by atoms with Crippen LogP contribution in [0.1, 0.15) is 17.2 Å². The monoisotopic (exact) mass is 390 g/mol. The molecule has 0 saturated carbocycles. The summed E-state index contributed by atoms with van der Waals surface area (Å²) in [5.41, 5.74) is 0.775. The smallest absolute Gasteiger partial charge is 0.126 e. The van der Waals surface area contributed by atoms with E-state index in [2.05, 4.69) is 31.9 Å². The van der Waals surface area contributed by atoms with E-state index in [9.17, 15) is 13.9 Å². The quantitative estimate of drug-likeness (QED) is 0.799. The normalized spacial score (nSPS) is 12.5. The number of halogens is 4. The average Bonchev–Trinajstić information content (AvgIpc) is 2.36. The Morgan fingerprint density at radius 2 is 1.79 bits per heavy atom. The van der Waals surface area contributed by atoms with Gasteiger partial charge in [-0.3, -0.25) is 0 Å². The Morgan fingerprint density at radius 1 is 1.05 bits per heavy atom. The number of rotatable bonds is 3. The van der Waals surface area contributed by atoms with Gasteiger partial charge in [-0.15, -0.1) is 0 Å². The van der Waals surface area contributed by atoms with Crippen LogP contribution < -0.4 is 0 Å². The highest BCUT2D eigenvalue weighted by atomic mass is 79.9. The number of aliphatic hydroxyl groups excluding tert-OH is 1. The molecule has 1 atom stereocenters. The second kappa shape index (κ2) is 6.11. The van der Waals surface area contributed by atoms with Gasteiger partial charge in [0.2, 0.25) is 0 Å². The van der Waals surface area contributed by atoms with Gasteiger partial charge in [0.1, 0.15) is 11.6 Å². The lowest BCUT2D eigenvalue weighted by atomic mass is 10.0. The second-order valence-corrected chi connectivity index (χ2v) is 5.89. The van der Waals surface area contributed by atoms with Crippen molar-refractivity contribution in [3.05, 3.63) is 68.1 Å². The summed E-state index contributed by atoms with van der Waals surface area (Å²) in [6, 6.07) is 8.57. The van der Waals surface area contributed by atoms with Crippen molar-refractivity contribution in [3.63, 3.8) is 0 Å². The van der Waals surface area contributed by atoms with Crippen LogP contribution in [0.3, 0.4) is 0 Å². The molecule has 0 amide bonds. The first-order chi connectivity index (χ1) is 8.97. The van der Waals surface area contributed by atoms with Crippen LogP contribution in [0.5, 0.6) is 0 Å². The summed E-state index contributed by atoms with van der Waals surface area (Å²) < 4.78 is 28.1. The maximum atomic E-state index is 13.5. The molecule has 0 radical (unpaired) electrons. The minimum Gasteiger partial charge on any atom is -0.388 e. The van der Waals surface area contributed by atoms with Crippen LogP contribution in [0, 0.1) is 11.6 Å². The number of hydrogen-bond donors (Lipinski definition) is 1. The van der Waals surface area contributed by atoms with Crippen molar-refractivity contribution >= 4 is 31.9 Å². The Labute approximate surface area is 126 Å².